The summed E-state index contributed by atoms with van der Waals surface area (Å²) in [6.45, 7) is 1.96. The van der Waals surface area contributed by atoms with E-state index in [0.717, 1.165) is 14.5 Å². The summed E-state index contributed by atoms with van der Waals surface area (Å²) in [5.74, 6) is -0.376. The van der Waals surface area contributed by atoms with Gasteiger partial charge in [0.15, 0.2) is 11.6 Å². The summed E-state index contributed by atoms with van der Waals surface area (Å²) < 4.78 is 36.9. The topological polar surface area (TPSA) is 77.5 Å². The van der Waals surface area contributed by atoms with Gasteiger partial charge in [-0.15, -0.1) is 11.8 Å². The number of hydrogen-bond donors (Lipinski definition) is 2. The highest BCUT2D eigenvalue weighted by atomic mass is 127. The van der Waals surface area contributed by atoms with Gasteiger partial charge in [-0.05, 0) is 77.7 Å². The summed E-state index contributed by atoms with van der Waals surface area (Å²) in [5.41, 5.74) is 1.82. The highest BCUT2D eigenvalue weighted by molar-refractivity contribution is 14.1. The lowest BCUT2D eigenvalue weighted by molar-refractivity contribution is 0.432. The number of imidazole rings is 1. The van der Waals surface area contributed by atoms with Crippen molar-refractivity contribution >= 4 is 45.3 Å². The van der Waals surface area contributed by atoms with Gasteiger partial charge in [-0.1, -0.05) is 12.1 Å². The van der Waals surface area contributed by atoms with Crippen molar-refractivity contribution in [3.05, 3.63) is 93.5 Å². The Morgan fingerprint density at radius 1 is 1.14 bits per heavy atom. The minimum absolute atomic E-state index is 0.0811. The predicted octanol–water partition coefficient (Wildman–Crippen LogP) is 8.17. The number of benzene rings is 3. The van der Waals surface area contributed by atoms with Crippen LogP contribution >= 0.6 is 34.4 Å². The minimum Gasteiger partial charge on any atom is -0.453 e. The fraction of sp³-hybridized carbons (Fsp3) is 0.143. The van der Waals surface area contributed by atoms with Crippen molar-refractivity contribution in [3.63, 3.8) is 0 Å². The van der Waals surface area contributed by atoms with Gasteiger partial charge in [0.25, 0.3) is 0 Å². The van der Waals surface area contributed by atoms with Crippen molar-refractivity contribution < 1.29 is 13.5 Å². The number of fused-ring (bicyclic) bond motifs is 1. The molecule has 3 aromatic carbocycles. The molecule has 5 aromatic rings. The third-order valence-electron chi connectivity index (χ3n) is 6.40. The van der Waals surface area contributed by atoms with Crippen LogP contribution in [0.2, 0.25) is 0 Å². The van der Waals surface area contributed by atoms with E-state index in [-0.39, 0.29) is 23.5 Å². The Kier molecular flexibility index (Phi) is 6.96. The quantitative estimate of drug-likeness (QED) is 0.141. The van der Waals surface area contributed by atoms with Crippen molar-refractivity contribution in [1.29, 1.82) is 5.26 Å². The van der Waals surface area contributed by atoms with E-state index in [2.05, 4.69) is 43.6 Å². The maximum absolute atomic E-state index is 15.0. The number of nitrogens with zero attached hydrogens (tertiary/aromatic N) is 2. The van der Waals surface area contributed by atoms with E-state index in [1.165, 1.54) is 36.0 Å². The molecule has 0 fully saturated rings. The SMILES string of the molecule is CSc1c(Oc2ccc(F)c(-c3ncc(C(C)(CC#N)c4cccc(I)c4)[nH]3)c2)c(F)cc2[nH]ccc12. The Balaban J connectivity index is 1.53. The Bertz CT molecular complexity index is 1660. The molecule has 5 nitrogen and oxygen atoms in total. The second-order valence-electron chi connectivity index (χ2n) is 8.73. The minimum atomic E-state index is -0.673. The lowest BCUT2D eigenvalue weighted by Gasteiger charge is -2.26. The molecule has 2 aromatic heterocycles. The van der Waals surface area contributed by atoms with Crippen LogP contribution in [0.4, 0.5) is 8.78 Å². The van der Waals surface area contributed by atoms with Crippen molar-refractivity contribution in [1.82, 2.24) is 15.0 Å². The number of aromatic nitrogens is 3. The van der Waals surface area contributed by atoms with Gasteiger partial charge in [0.2, 0.25) is 0 Å². The fourth-order valence-corrected chi connectivity index (χ4v) is 5.63. The zero-order chi connectivity index (χ0) is 26.2. The summed E-state index contributed by atoms with van der Waals surface area (Å²) in [6, 6.07) is 17.6. The van der Waals surface area contributed by atoms with Crippen molar-refractivity contribution in [2.75, 3.05) is 6.26 Å². The largest absolute Gasteiger partial charge is 0.453 e. The van der Waals surface area contributed by atoms with Crippen LogP contribution in [-0.2, 0) is 5.41 Å². The third-order valence-corrected chi connectivity index (χ3v) is 7.88. The third kappa shape index (κ3) is 4.71. The smallest absolute Gasteiger partial charge is 0.177 e. The van der Waals surface area contributed by atoms with Crippen molar-refractivity contribution in [3.8, 4) is 29.0 Å². The lowest BCUT2D eigenvalue weighted by atomic mass is 9.77. The summed E-state index contributed by atoms with van der Waals surface area (Å²) in [5, 5.41) is 10.4. The lowest BCUT2D eigenvalue weighted by Crippen LogP contribution is -2.23. The molecule has 0 aliphatic heterocycles. The number of H-pyrrole nitrogens is 2. The maximum atomic E-state index is 15.0. The molecule has 0 aliphatic carbocycles. The number of thioether (sulfide) groups is 1. The average Bonchev–Trinajstić information content (AvgIpc) is 3.56. The van der Waals surface area contributed by atoms with E-state index in [1.54, 1.807) is 12.4 Å². The van der Waals surface area contributed by atoms with Crippen LogP contribution in [0.5, 0.6) is 11.5 Å². The first kappa shape index (κ1) is 25.3. The van der Waals surface area contributed by atoms with Gasteiger partial charge in [-0.2, -0.15) is 5.26 Å². The van der Waals surface area contributed by atoms with Gasteiger partial charge in [0.05, 0.1) is 22.9 Å². The molecule has 0 aliphatic rings. The van der Waals surface area contributed by atoms with Crippen molar-refractivity contribution in [2.45, 2.75) is 23.7 Å². The first-order valence-corrected chi connectivity index (χ1v) is 13.6. The highest BCUT2D eigenvalue weighted by Gasteiger charge is 2.31. The number of hydrogen-bond acceptors (Lipinski definition) is 4. The molecule has 1 atom stereocenters. The van der Waals surface area contributed by atoms with Gasteiger partial charge in [0, 0.05) is 44.0 Å². The monoisotopic (exact) mass is 626 g/mol. The maximum Gasteiger partial charge on any atom is 0.177 e. The van der Waals surface area contributed by atoms with E-state index in [0.29, 0.717) is 21.9 Å². The molecular weight excluding hydrogens is 605 g/mol. The standard InChI is InChI=1S/C28H21F2IN4OS/c1-28(9-10-32,16-4-3-5-17(31)12-16)24-15-34-27(35-24)20-13-18(6-7-21(20)29)36-25-22(30)14-23-19(8-11-33-23)26(25)37-2/h3-8,11-15,33H,9H2,1-2H3,(H,34,35). The molecule has 2 N–H and O–H groups in total. The van der Waals surface area contributed by atoms with Gasteiger partial charge < -0.3 is 14.7 Å². The fourth-order valence-electron chi connectivity index (χ4n) is 4.37. The van der Waals surface area contributed by atoms with Crippen LogP contribution in [-0.4, -0.2) is 21.2 Å². The summed E-state index contributed by atoms with van der Waals surface area (Å²) in [4.78, 5) is 11.3. The molecule has 37 heavy (non-hydrogen) atoms. The molecule has 0 bridgehead atoms. The van der Waals surface area contributed by atoms with Crippen LogP contribution in [0.3, 0.4) is 0 Å². The summed E-state index contributed by atoms with van der Waals surface area (Å²) in [6.07, 6.45) is 5.43. The molecular formula is C28H21F2IN4OS. The predicted molar refractivity (Wildman–Crippen MR) is 150 cm³/mol. The summed E-state index contributed by atoms with van der Waals surface area (Å²) in [7, 11) is 0. The van der Waals surface area contributed by atoms with E-state index >= 15 is 0 Å². The molecule has 0 amide bonds. The van der Waals surface area contributed by atoms with E-state index < -0.39 is 17.0 Å². The van der Waals surface area contributed by atoms with Gasteiger partial charge in [-0.3, -0.25) is 0 Å². The number of halogens is 3. The van der Waals surface area contributed by atoms with Crippen LogP contribution in [0.1, 0.15) is 24.6 Å². The second kappa shape index (κ2) is 10.2. The summed E-state index contributed by atoms with van der Waals surface area (Å²) >= 11 is 3.61. The van der Waals surface area contributed by atoms with Gasteiger partial charge in [0.1, 0.15) is 17.4 Å². The van der Waals surface area contributed by atoms with Crippen molar-refractivity contribution in [2.24, 2.45) is 0 Å². The molecule has 5 rings (SSSR count). The van der Waals surface area contributed by atoms with Gasteiger partial charge >= 0.3 is 0 Å². The van der Waals surface area contributed by atoms with E-state index in [4.69, 9.17) is 4.74 Å². The molecule has 0 radical (unpaired) electrons. The number of ether oxygens (including phenoxy) is 1. The van der Waals surface area contributed by atoms with Crippen LogP contribution in [0.25, 0.3) is 22.3 Å². The number of nitrogens with one attached hydrogen (secondary N) is 2. The molecule has 0 saturated carbocycles. The van der Waals surface area contributed by atoms with Crippen LogP contribution < -0.4 is 4.74 Å². The van der Waals surface area contributed by atoms with Crippen LogP contribution in [0.15, 0.2) is 71.9 Å². The number of aromatic amines is 2. The van der Waals surface area contributed by atoms with Gasteiger partial charge in [-0.25, -0.2) is 13.8 Å². The molecule has 9 heteroatoms. The highest BCUT2D eigenvalue weighted by Crippen LogP contribution is 2.41. The van der Waals surface area contributed by atoms with E-state index in [1.807, 2.05) is 43.5 Å². The molecule has 186 valence electrons. The molecule has 0 spiro atoms. The molecule has 2 heterocycles. The zero-order valence-corrected chi connectivity index (χ0v) is 22.9. The average molecular weight is 626 g/mol. The number of rotatable bonds is 7. The zero-order valence-electron chi connectivity index (χ0n) is 19.9. The number of nitriles is 1. The first-order valence-electron chi connectivity index (χ1n) is 11.3. The van der Waals surface area contributed by atoms with E-state index in [9.17, 15) is 14.0 Å². The Hall–Kier alpha value is -3.36. The van der Waals surface area contributed by atoms with Crippen LogP contribution in [0, 0.1) is 26.5 Å². The first-order chi connectivity index (χ1) is 17.8. The Morgan fingerprint density at radius 2 is 1.97 bits per heavy atom. The Labute approximate surface area is 230 Å². The Morgan fingerprint density at radius 3 is 2.73 bits per heavy atom. The normalized spacial score (nSPS) is 12.9. The molecule has 0 saturated heterocycles. The molecule has 1 unspecified atom stereocenters. The second-order valence-corrected chi connectivity index (χ2v) is 10.8.